The number of rotatable bonds is 2. The molecule has 8 heteroatoms. The number of nitrogens with one attached hydrogen (secondary N) is 3. The second kappa shape index (κ2) is 6.04. The van der Waals surface area contributed by atoms with Gasteiger partial charge in [0.25, 0.3) is 5.91 Å². The molecule has 1 aromatic carbocycles. The van der Waals surface area contributed by atoms with Gasteiger partial charge in [-0.15, -0.1) is 11.3 Å². The molecule has 2 aliphatic rings. The molecule has 4 rings (SSSR count). The summed E-state index contributed by atoms with van der Waals surface area (Å²) in [5.74, 6) is -0.0283. The molecule has 24 heavy (non-hydrogen) atoms. The Morgan fingerprint density at radius 1 is 1.29 bits per heavy atom. The number of hydrogen-bond donors (Lipinski definition) is 3. The fourth-order valence-electron chi connectivity index (χ4n) is 2.72. The highest BCUT2D eigenvalue weighted by atomic mass is 32.1. The topological polar surface area (TPSA) is 95.5 Å². The zero-order chi connectivity index (χ0) is 16.5. The van der Waals surface area contributed by atoms with Gasteiger partial charge in [0.15, 0.2) is 0 Å². The maximum Gasteiger partial charge on any atom is 0.274 e. The number of carbonyl (C=O) groups is 2. The van der Waals surface area contributed by atoms with Gasteiger partial charge in [0.2, 0.25) is 11.9 Å². The van der Waals surface area contributed by atoms with Crippen molar-refractivity contribution in [1.29, 1.82) is 0 Å². The summed E-state index contributed by atoms with van der Waals surface area (Å²) in [5.41, 5.74) is 4.05. The van der Waals surface area contributed by atoms with Gasteiger partial charge >= 0.3 is 0 Å². The summed E-state index contributed by atoms with van der Waals surface area (Å²) in [4.78, 5) is 32.4. The molecule has 2 fully saturated rings. The van der Waals surface area contributed by atoms with Gasteiger partial charge in [0.05, 0.1) is 15.7 Å². The number of aromatic nitrogens is 1. The molecular weight excluding hydrogens is 326 g/mol. The van der Waals surface area contributed by atoms with Crippen molar-refractivity contribution in [3.63, 3.8) is 0 Å². The first-order chi connectivity index (χ1) is 11.7. The summed E-state index contributed by atoms with van der Waals surface area (Å²) >= 11 is 1.55. The highest BCUT2D eigenvalue weighted by Crippen LogP contribution is 2.20. The Labute approximate surface area is 141 Å². The van der Waals surface area contributed by atoms with Crippen molar-refractivity contribution in [3.8, 4) is 0 Å². The first-order valence-corrected chi connectivity index (χ1v) is 8.56. The maximum absolute atomic E-state index is 12.1. The molecule has 2 saturated heterocycles. The second-order valence-electron chi connectivity index (χ2n) is 5.64. The van der Waals surface area contributed by atoms with Crippen molar-refractivity contribution in [1.82, 2.24) is 20.9 Å². The van der Waals surface area contributed by atoms with Gasteiger partial charge in [-0.1, -0.05) is 6.07 Å². The normalized spacial score (nSPS) is 24.2. The average molecular weight is 341 g/mol. The van der Waals surface area contributed by atoms with E-state index in [-0.39, 0.29) is 11.8 Å². The Bertz CT molecular complexity index is 885. The quantitative estimate of drug-likeness (QED) is 0.710. The van der Waals surface area contributed by atoms with Crippen LogP contribution in [0.25, 0.3) is 16.3 Å². The molecule has 2 amide bonds. The maximum atomic E-state index is 12.1. The van der Waals surface area contributed by atoms with Gasteiger partial charge in [0, 0.05) is 6.54 Å². The number of guanidine groups is 1. The van der Waals surface area contributed by atoms with Crippen LogP contribution in [0.15, 0.2) is 34.4 Å². The second-order valence-corrected chi connectivity index (χ2v) is 6.53. The number of hydrogen-bond acceptors (Lipinski definition) is 5. The summed E-state index contributed by atoms with van der Waals surface area (Å²) in [6.07, 6.45) is 3.34. The first-order valence-electron chi connectivity index (χ1n) is 7.68. The highest BCUT2D eigenvalue weighted by molar-refractivity contribution is 7.16. The van der Waals surface area contributed by atoms with Crippen LogP contribution in [0.1, 0.15) is 18.4 Å². The Balaban J connectivity index is 1.55. The van der Waals surface area contributed by atoms with E-state index in [0.717, 1.165) is 22.2 Å². The van der Waals surface area contributed by atoms with Crippen molar-refractivity contribution >= 4 is 45.4 Å². The van der Waals surface area contributed by atoms with E-state index in [9.17, 15) is 9.59 Å². The van der Waals surface area contributed by atoms with Gasteiger partial charge in [-0.3, -0.25) is 14.9 Å². The van der Waals surface area contributed by atoms with E-state index in [1.807, 2.05) is 18.2 Å². The number of piperidine rings is 1. The van der Waals surface area contributed by atoms with E-state index in [1.54, 1.807) is 22.9 Å². The highest BCUT2D eigenvalue weighted by Gasteiger charge is 2.26. The van der Waals surface area contributed by atoms with Crippen LogP contribution in [0, 0.1) is 0 Å². The van der Waals surface area contributed by atoms with E-state index in [0.29, 0.717) is 24.6 Å². The largest absolute Gasteiger partial charge is 0.354 e. The van der Waals surface area contributed by atoms with Crippen molar-refractivity contribution in [3.05, 3.63) is 35.0 Å². The first kappa shape index (κ1) is 14.8. The van der Waals surface area contributed by atoms with Crippen LogP contribution in [0.5, 0.6) is 0 Å². The summed E-state index contributed by atoms with van der Waals surface area (Å²) < 4.78 is 1.07. The van der Waals surface area contributed by atoms with Gasteiger partial charge in [-0.2, -0.15) is 0 Å². The zero-order valence-electron chi connectivity index (χ0n) is 12.7. The molecule has 3 N–H and O–H groups in total. The van der Waals surface area contributed by atoms with Crippen LogP contribution >= 0.6 is 11.3 Å². The predicted octanol–water partition coefficient (Wildman–Crippen LogP) is 0.991. The van der Waals surface area contributed by atoms with Gasteiger partial charge < -0.3 is 10.6 Å². The smallest absolute Gasteiger partial charge is 0.274 e. The SMILES string of the molecule is O=C1NC(=N[C@H]2CCCNC2=O)N/C1=C\c1ccc2ncsc2c1. The molecule has 0 bridgehead atoms. The fourth-order valence-corrected chi connectivity index (χ4v) is 3.45. The fraction of sp³-hybridized carbons (Fsp3) is 0.250. The lowest BCUT2D eigenvalue weighted by Crippen LogP contribution is -2.41. The summed E-state index contributed by atoms with van der Waals surface area (Å²) in [5, 5.41) is 8.40. The average Bonchev–Trinajstić information content (AvgIpc) is 3.16. The van der Waals surface area contributed by atoms with Crippen molar-refractivity contribution in [2.75, 3.05) is 6.54 Å². The van der Waals surface area contributed by atoms with Crippen LogP contribution in [-0.4, -0.2) is 35.3 Å². The minimum Gasteiger partial charge on any atom is -0.354 e. The molecule has 0 aliphatic carbocycles. The molecule has 7 nitrogen and oxygen atoms in total. The number of carbonyl (C=O) groups excluding carboxylic acids is 2. The molecule has 2 aromatic rings. The Hall–Kier alpha value is -2.74. The lowest BCUT2D eigenvalue weighted by atomic mass is 10.1. The third-order valence-corrected chi connectivity index (χ3v) is 4.73. The number of benzene rings is 1. The standard InChI is InChI=1S/C16H15N5O2S/c22-14-11(2-1-5-17-14)19-16-20-12(15(23)21-16)6-9-3-4-10-13(7-9)24-8-18-10/h3-4,6-8,11H,1-2,5H2,(H,17,22)(H2,19,20,21,23)/b12-6-/t11-/m0/s1. The molecule has 2 aliphatic heterocycles. The van der Waals surface area contributed by atoms with E-state index < -0.39 is 6.04 Å². The Morgan fingerprint density at radius 2 is 2.21 bits per heavy atom. The van der Waals surface area contributed by atoms with Crippen LogP contribution in [0.2, 0.25) is 0 Å². The molecule has 0 spiro atoms. The Morgan fingerprint density at radius 3 is 3.08 bits per heavy atom. The minimum absolute atomic E-state index is 0.0992. The van der Waals surface area contributed by atoms with E-state index in [4.69, 9.17) is 0 Å². The summed E-state index contributed by atoms with van der Waals surface area (Å²) in [7, 11) is 0. The lowest BCUT2D eigenvalue weighted by Gasteiger charge is -2.18. The molecule has 0 radical (unpaired) electrons. The number of thiazole rings is 1. The minimum atomic E-state index is -0.450. The van der Waals surface area contributed by atoms with Gasteiger partial charge in [-0.25, -0.2) is 9.98 Å². The Kier molecular flexibility index (Phi) is 3.73. The van der Waals surface area contributed by atoms with E-state index in [2.05, 4.69) is 25.9 Å². The number of amides is 2. The molecule has 1 aromatic heterocycles. The molecule has 0 saturated carbocycles. The van der Waals surface area contributed by atoms with Gasteiger partial charge in [-0.05, 0) is 36.6 Å². The molecule has 0 unspecified atom stereocenters. The summed E-state index contributed by atoms with van der Waals surface area (Å²) in [6.45, 7) is 0.686. The van der Waals surface area contributed by atoms with E-state index in [1.165, 1.54) is 0 Å². The number of nitrogens with zero attached hydrogens (tertiary/aromatic N) is 2. The van der Waals surface area contributed by atoms with Crippen LogP contribution < -0.4 is 16.0 Å². The number of fused-ring (bicyclic) bond motifs is 1. The van der Waals surface area contributed by atoms with Crippen molar-refractivity contribution < 1.29 is 9.59 Å². The van der Waals surface area contributed by atoms with Crippen LogP contribution in [-0.2, 0) is 9.59 Å². The van der Waals surface area contributed by atoms with Crippen LogP contribution in [0.3, 0.4) is 0 Å². The van der Waals surface area contributed by atoms with Crippen molar-refractivity contribution in [2.24, 2.45) is 4.99 Å². The zero-order valence-corrected chi connectivity index (χ0v) is 13.5. The number of aliphatic imine (C=N–C) groups is 1. The van der Waals surface area contributed by atoms with Crippen molar-refractivity contribution in [2.45, 2.75) is 18.9 Å². The third kappa shape index (κ3) is 2.88. The molecule has 1 atom stereocenters. The molecular formula is C16H15N5O2S. The van der Waals surface area contributed by atoms with Crippen LogP contribution in [0.4, 0.5) is 0 Å². The predicted molar refractivity (Wildman–Crippen MR) is 92.3 cm³/mol. The molecule has 3 heterocycles. The van der Waals surface area contributed by atoms with E-state index >= 15 is 0 Å². The monoisotopic (exact) mass is 341 g/mol. The molecule has 122 valence electrons. The lowest BCUT2D eigenvalue weighted by molar-refractivity contribution is -0.123. The third-order valence-electron chi connectivity index (χ3n) is 3.94. The summed E-state index contributed by atoms with van der Waals surface area (Å²) in [6, 6.07) is 5.37. The van der Waals surface area contributed by atoms with Gasteiger partial charge in [0.1, 0.15) is 11.7 Å².